The number of aryl methyl sites for hydroxylation is 2. The van der Waals surface area contributed by atoms with Crippen molar-refractivity contribution in [2.45, 2.75) is 26.1 Å². The van der Waals surface area contributed by atoms with Crippen molar-refractivity contribution in [3.63, 3.8) is 0 Å². The molecule has 0 amide bonds. The number of nitro groups is 1. The molecule has 0 radical (unpaired) electrons. The highest BCUT2D eigenvalue weighted by Gasteiger charge is 2.28. The van der Waals surface area contributed by atoms with E-state index in [9.17, 15) is 25.1 Å². The van der Waals surface area contributed by atoms with Crippen LogP contribution in [-0.2, 0) is 4.79 Å². The average molecular weight is 255 g/mol. The Kier molecular flexibility index (Phi) is 4.00. The minimum atomic E-state index is -2.02. The molecule has 2 atom stereocenters. The van der Waals surface area contributed by atoms with Crippen LogP contribution >= 0.6 is 0 Å². The van der Waals surface area contributed by atoms with E-state index in [0.717, 1.165) is 6.07 Å². The van der Waals surface area contributed by atoms with Gasteiger partial charge >= 0.3 is 5.97 Å². The van der Waals surface area contributed by atoms with Gasteiger partial charge in [-0.1, -0.05) is 0 Å². The first-order valence-electron chi connectivity index (χ1n) is 5.10. The molecule has 98 valence electrons. The van der Waals surface area contributed by atoms with Crippen LogP contribution in [0.2, 0.25) is 0 Å². The third kappa shape index (κ3) is 2.63. The summed E-state index contributed by atoms with van der Waals surface area (Å²) < 4.78 is 0. The molecule has 0 fully saturated rings. The summed E-state index contributed by atoms with van der Waals surface area (Å²) in [5.74, 6) is -1.59. The topological polar surface area (TPSA) is 121 Å². The first-order valence-corrected chi connectivity index (χ1v) is 5.10. The summed E-state index contributed by atoms with van der Waals surface area (Å²) in [6.07, 6.45) is -3.73. The van der Waals surface area contributed by atoms with Crippen LogP contribution in [0.4, 0.5) is 5.69 Å². The van der Waals surface area contributed by atoms with Gasteiger partial charge in [0.1, 0.15) is 6.10 Å². The van der Waals surface area contributed by atoms with E-state index in [1.54, 1.807) is 6.92 Å². The number of benzene rings is 1. The van der Waals surface area contributed by atoms with Crippen LogP contribution in [0.25, 0.3) is 0 Å². The molecule has 3 N–H and O–H groups in total. The lowest BCUT2D eigenvalue weighted by Gasteiger charge is -2.17. The lowest BCUT2D eigenvalue weighted by Crippen LogP contribution is -2.28. The quantitative estimate of drug-likeness (QED) is 0.537. The maximum absolute atomic E-state index is 10.8. The summed E-state index contributed by atoms with van der Waals surface area (Å²) in [5.41, 5.74) is 0.679. The Morgan fingerprint density at radius 1 is 1.28 bits per heavy atom. The number of aliphatic hydroxyl groups excluding tert-OH is 2. The molecule has 0 saturated heterocycles. The Morgan fingerprint density at radius 3 is 2.28 bits per heavy atom. The van der Waals surface area contributed by atoms with Gasteiger partial charge in [-0.2, -0.15) is 0 Å². The lowest BCUT2D eigenvalue weighted by molar-refractivity contribution is -0.385. The molecule has 0 bridgehead atoms. The predicted octanol–water partition coefficient (Wildman–Crippen LogP) is 0.691. The summed E-state index contributed by atoms with van der Waals surface area (Å²) in [6, 6.07) is 2.55. The molecule has 0 saturated carbocycles. The standard InChI is InChI=1S/C11H13NO6/c1-5-3-6(2)8(12(17)18)4-7(5)9(13)10(14)11(15)16/h3-4,9-10,13-14H,1-2H3,(H,15,16). The molecule has 1 aromatic rings. The summed E-state index contributed by atoms with van der Waals surface area (Å²) in [7, 11) is 0. The molecule has 0 heterocycles. The van der Waals surface area contributed by atoms with Crippen molar-refractivity contribution < 1.29 is 25.0 Å². The van der Waals surface area contributed by atoms with Crippen molar-refractivity contribution in [1.82, 2.24) is 0 Å². The molecule has 7 heteroatoms. The van der Waals surface area contributed by atoms with Crippen LogP contribution in [0.5, 0.6) is 0 Å². The lowest BCUT2D eigenvalue weighted by atomic mass is 9.96. The molecule has 2 unspecified atom stereocenters. The minimum Gasteiger partial charge on any atom is -0.479 e. The van der Waals surface area contributed by atoms with Crippen molar-refractivity contribution in [3.8, 4) is 0 Å². The Labute approximate surface area is 102 Å². The molecule has 7 nitrogen and oxygen atoms in total. The van der Waals surface area contributed by atoms with Gasteiger partial charge in [0.25, 0.3) is 5.69 Å². The Hall–Kier alpha value is -1.99. The molecular weight excluding hydrogens is 242 g/mol. The summed E-state index contributed by atoms with van der Waals surface area (Å²) in [5, 5.41) is 38.3. The third-order valence-electron chi connectivity index (χ3n) is 2.65. The molecule has 18 heavy (non-hydrogen) atoms. The second kappa shape index (κ2) is 5.11. The average Bonchev–Trinajstić information content (AvgIpc) is 2.26. The van der Waals surface area contributed by atoms with Crippen molar-refractivity contribution >= 4 is 11.7 Å². The van der Waals surface area contributed by atoms with Crippen LogP contribution in [0.15, 0.2) is 12.1 Å². The summed E-state index contributed by atoms with van der Waals surface area (Å²) >= 11 is 0. The van der Waals surface area contributed by atoms with Gasteiger partial charge in [-0.3, -0.25) is 10.1 Å². The first kappa shape index (κ1) is 14.1. The number of nitrogens with zero attached hydrogens (tertiary/aromatic N) is 1. The van der Waals surface area contributed by atoms with Gasteiger partial charge in [-0.25, -0.2) is 4.79 Å². The fourth-order valence-electron chi connectivity index (χ4n) is 1.68. The van der Waals surface area contributed by atoms with Crippen molar-refractivity contribution in [1.29, 1.82) is 0 Å². The number of hydrogen-bond donors (Lipinski definition) is 3. The van der Waals surface area contributed by atoms with Crippen LogP contribution in [-0.4, -0.2) is 32.3 Å². The van der Waals surface area contributed by atoms with E-state index in [1.807, 2.05) is 0 Å². The fraction of sp³-hybridized carbons (Fsp3) is 0.364. The van der Waals surface area contributed by atoms with Gasteiger partial charge in [-0.15, -0.1) is 0 Å². The Balaban J connectivity index is 3.28. The van der Waals surface area contributed by atoms with Crippen LogP contribution in [0.3, 0.4) is 0 Å². The number of carboxylic acids is 1. The molecule has 0 aliphatic heterocycles. The zero-order chi connectivity index (χ0) is 14.0. The van der Waals surface area contributed by atoms with Gasteiger partial charge in [0, 0.05) is 11.6 Å². The predicted molar refractivity (Wildman–Crippen MR) is 61.2 cm³/mol. The second-order valence-electron chi connectivity index (χ2n) is 3.98. The van der Waals surface area contributed by atoms with Crippen LogP contribution in [0, 0.1) is 24.0 Å². The van der Waals surface area contributed by atoms with Crippen LogP contribution in [0.1, 0.15) is 22.8 Å². The zero-order valence-corrected chi connectivity index (χ0v) is 9.82. The number of hydrogen-bond acceptors (Lipinski definition) is 5. The van der Waals surface area contributed by atoms with Gasteiger partial charge in [0.2, 0.25) is 0 Å². The van der Waals surface area contributed by atoms with E-state index in [2.05, 4.69) is 0 Å². The number of nitro benzene ring substituents is 1. The number of carboxylic acid groups (broad SMARTS) is 1. The van der Waals surface area contributed by atoms with Crippen molar-refractivity contribution in [3.05, 3.63) is 38.9 Å². The van der Waals surface area contributed by atoms with E-state index < -0.39 is 23.1 Å². The normalized spacial score (nSPS) is 14.0. The van der Waals surface area contributed by atoms with Gasteiger partial charge in [0.15, 0.2) is 6.10 Å². The Bertz CT molecular complexity index is 499. The fourth-order valence-corrected chi connectivity index (χ4v) is 1.68. The largest absolute Gasteiger partial charge is 0.479 e. The third-order valence-corrected chi connectivity index (χ3v) is 2.65. The number of aliphatic carboxylic acids is 1. The number of aliphatic hydroxyl groups is 2. The maximum Gasteiger partial charge on any atom is 0.335 e. The monoisotopic (exact) mass is 255 g/mol. The highest BCUT2D eigenvalue weighted by Crippen LogP contribution is 2.28. The summed E-state index contributed by atoms with van der Waals surface area (Å²) in [6.45, 7) is 3.11. The molecule has 0 aromatic heterocycles. The highest BCUT2D eigenvalue weighted by atomic mass is 16.6. The molecule has 0 spiro atoms. The molecule has 0 aliphatic carbocycles. The van der Waals surface area contributed by atoms with E-state index in [0.29, 0.717) is 11.1 Å². The zero-order valence-electron chi connectivity index (χ0n) is 9.82. The van der Waals surface area contributed by atoms with Crippen molar-refractivity contribution in [2.24, 2.45) is 0 Å². The Morgan fingerprint density at radius 2 is 1.83 bits per heavy atom. The van der Waals surface area contributed by atoms with E-state index in [-0.39, 0.29) is 11.3 Å². The van der Waals surface area contributed by atoms with E-state index in [1.165, 1.54) is 13.0 Å². The highest BCUT2D eigenvalue weighted by molar-refractivity contribution is 5.73. The van der Waals surface area contributed by atoms with E-state index in [4.69, 9.17) is 5.11 Å². The number of rotatable bonds is 4. The van der Waals surface area contributed by atoms with Gasteiger partial charge < -0.3 is 15.3 Å². The van der Waals surface area contributed by atoms with Gasteiger partial charge in [-0.05, 0) is 31.0 Å². The molecule has 1 rings (SSSR count). The van der Waals surface area contributed by atoms with Gasteiger partial charge in [0.05, 0.1) is 4.92 Å². The van der Waals surface area contributed by atoms with E-state index >= 15 is 0 Å². The molecule has 0 aliphatic rings. The smallest absolute Gasteiger partial charge is 0.335 e. The molecule has 1 aromatic carbocycles. The first-order chi connectivity index (χ1) is 8.25. The van der Waals surface area contributed by atoms with Crippen LogP contribution < -0.4 is 0 Å². The minimum absolute atomic E-state index is 0.0298. The number of carbonyl (C=O) groups is 1. The second-order valence-corrected chi connectivity index (χ2v) is 3.98. The molecular formula is C11H13NO6. The SMILES string of the molecule is Cc1cc(C)c([N+](=O)[O-])cc1C(O)C(O)C(=O)O. The summed E-state index contributed by atoms with van der Waals surface area (Å²) in [4.78, 5) is 20.7. The maximum atomic E-state index is 10.8. The van der Waals surface area contributed by atoms with Crippen molar-refractivity contribution in [2.75, 3.05) is 0 Å².